The Bertz CT molecular complexity index is 749. The summed E-state index contributed by atoms with van der Waals surface area (Å²) in [6.07, 6.45) is 4.53. The van der Waals surface area contributed by atoms with Gasteiger partial charge in [-0.3, -0.25) is 9.36 Å². The van der Waals surface area contributed by atoms with Crippen LogP contribution in [0.15, 0.2) is 9.95 Å². The average molecular weight is 353 g/mol. The van der Waals surface area contributed by atoms with Gasteiger partial charge in [-0.1, -0.05) is 25.6 Å². The Morgan fingerprint density at radius 3 is 2.87 bits per heavy atom. The molecule has 2 aromatic heterocycles. The van der Waals surface area contributed by atoms with E-state index in [1.54, 1.807) is 30.2 Å². The maximum Gasteiger partial charge on any atom is 0.263 e. The molecule has 0 spiro atoms. The SMILES string of the molecule is COCCn1c(SCC(C)C)nc2sc3c(c2c1=O)CCCC3. The zero-order chi connectivity index (χ0) is 16.4. The van der Waals surface area contributed by atoms with E-state index in [1.165, 1.54) is 23.3 Å². The summed E-state index contributed by atoms with van der Waals surface area (Å²) in [4.78, 5) is 20.3. The maximum absolute atomic E-state index is 13.1. The van der Waals surface area contributed by atoms with Gasteiger partial charge in [0.05, 0.1) is 18.5 Å². The van der Waals surface area contributed by atoms with Crippen molar-refractivity contribution in [2.45, 2.75) is 51.2 Å². The van der Waals surface area contributed by atoms with Gasteiger partial charge in [0.15, 0.2) is 5.16 Å². The molecule has 2 aromatic rings. The van der Waals surface area contributed by atoms with Gasteiger partial charge in [0.2, 0.25) is 0 Å². The molecule has 0 unspecified atom stereocenters. The Balaban J connectivity index is 2.11. The number of methoxy groups -OCH3 is 1. The van der Waals surface area contributed by atoms with Crippen molar-refractivity contribution in [1.29, 1.82) is 0 Å². The number of aryl methyl sites for hydroxylation is 2. The molecule has 2 heterocycles. The van der Waals surface area contributed by atoms with Crippen LogP contribution in [0, 0.1) is 5.92 Å². The van der Waals surface area contributed by atoms with Crippen LogP contribution in [-0.4, -0.2) is 29.0 Å². The van der Waals surface area contributed by atoms with Crippen molar-refractivity contribution in [3.05, 3.63) is 20.8 Å². The molecule has 0 fully saturated rings. The summed E-state index contributed by atoms with van der Waals surface area (Å²) in [7, 11) is 1.67. The number of aromatic nitrogens is 2. The molecule has 4 nitrogen and oxygen atoms in total. The fourth-order valence-corrected chi connectivity index (χ4v) is 5.23. The van der Waals surface area contributed by atoms with E-state index in [9.17, 15) is 4.79 Å². The minimum Gasteiger partial charge on any atom is -0.383 e. The molecule has 3 rings (SSSR count). The molecule has 0 N–H and O–H groups in total. The van der Waals surface area contributed by atoms with E-state index < -0.39 is 0 Å². The predicted octanol–water partition coefficient (Wildman–Crippen LogP) is 3.73. The van der Waals surface area contributed by atoms with Gasteiger partial charge in [-0.05, 0) is 37.2 Å². The first kappa shape index (κ1) is 17.0. The van der Waals surface area contributed by atoms with Crippen LogP contribution in [0.3, 0.4) is 0 Å². The lowest BCUT2D eigenvalue weighted by atomic mass is 9.97. The highest BCUT2D eigenvalue weighted by molar-refractivity contribution is 7.99. The molecule has 1 aliphatic rings. The molecule has 23 heavy (non-hydrogen) atoms. The minimum absolute atomic E-state index is 0.123. The second kappa shape index (κ2) is 7.36. The third-order valence-corrected chi connectivity index (χ3v) is 6.69. The van der Waals surface area contributed by atoms with Crippen LogP contribution in [0.4, 0.5) is 0 Å². The highest BCUT2D eigenvalue weighted by atomic mass is 32.2. The lowest BCUT2D eigenvalue weighted by Crippen LogP contribution is -2.25. The molecule has 0 amide bonds. The molecule has 1 aliphatic carbocycles. The molecule has 0 atom stereocenters. The maximum atomic E-state index is 13.1. The molecule has 6 heteroatoms. The van der Waals surface area contributed by atoms with Crippen molar-refractivity contribution in [3.63, 3.8) is 0 Å². The smallest absolute Gasteiger partial charge is 0.263 e. The van der Waals surface area contributed by atoms with E-state index in [-0.39, 0.29) is 5.56 Å². The van der Waals surface area contributed by atoms with Crippen molar-refractivity contribution < 1.29 is 4.74 Å². The highest BCUT2D eigenvalue weighted by Gasteiger charge is 2.22. The summed E-state index contributed by atoms with van der Waals surface area (Å²) in [5.41, 5.74) is 1.39. The van der Waals surface area contributed by atoms with E-state index in [4.69, 9.17) is 9.72 Å². The second-order valence-corrected chi connectivity index (χ2v) is 8.51. The van der Waals surface area contributed by atoms with Gasteiger partial charge in [-0.25, -0.2) is 4.98 Å². The van der Waals surface area contributed by atoms with Crippen LogP contribution in [-0.2, 0) is 24.1 Å². The van der Waals surface area contributed by atoms with Gasteiger partial charge in [-0.2, -0.15) is 0 Å². The number of thiophene rings is 1. The second-order valence-electron chi connectivity index (χ2n) is 6.44. The third kappa shape index (κ3) is 3.49. The van der Waals surface area contributed by atoms with E-state index in [2.05, 4.69) is 13.8 Å². The molecule has 0 saturated carbocycles. The fraction of sp³-hybridized carbons (Fsp3) is 0.647. The highest BCUT2D eigenvalue weighted by Crippen LogP contribution is 2.34. The van der Waals surface area contributed by atoms with Gasteiger partial charge in [0.25, 0.3) is 5.56 Å². The van der Waals surface area contributed by atoms with Gasteiger partial charge < -0.3 is 4.74 Å². The lowest BCUT2D eigenvalue weighted by Gasteiger charge is -2.13. The number of thioether (sulfide) groups is 1. The Hall–Kier alpha value is -0.850. The number of ether oxygens (including phenoxy) is 1. The molecule has 0 aliphatic heterocycles. The Morgan fingerprint density at radius 1 is 1.35 bits per heavy atom. The molecule has 126 valence electrons. The van der Waals surface area contributed by atoms with Crippen molar-refractivity contribution in [2.24, 2.45) is 5.92 Å². The van der Waals surface area contributed by atoms with Crippen molar-refractivity contribution in [1.82, 2.24) is 9.55 Å². The Kier molecular flexibility index (Phi) is 5.44. The van der Waals surface area contributed by atoms with E-state index in [1.807, 2.05) is 4.57 Å². The van der Waals surface area contributed by atoms with Gasteiger partial charge in [-0.15, -0.1) is 11.3 Å². The van der Waals surface area contributed by atoms with Gasteiger partial charge in [0, 0.05) is 17.7 Å². The summed E-state index contributed by atoms with van der Waals surface area (Å²) in [5.74, 6) is 1.54. The van der Waals surface area contributed by atoms with Crippen molar-refractivity contribution in [3.8, 4) is 0 Å². The molecule has 0 radical (unpaired) electrons. The lowest BCUT2D eigenvalue weighted by molar-refractivity contribution is 0.183. The van der Waals surface area contributed by atoms with Crippen LogP contribution in [0.5, 0.6) is 0 Å². The number of rotatable bonds is 6. The molecule has 0 bridgehead atoms. The first-order valence-corrected chi connectivity index (χ1v) is 10.1. The largest absolute Gasteiger partial charge is 0.383 e. The van der Waals surface area contributed by atoms with Gasteiger partial charge >= 0.3 is 0 Å². The number of hydrogen-bond acceptors (Lipinski definition) is 5. The molecular formula is C17H24N2O2S2. The molecular weight excluding hydrogens is 328 g/mol. The number of nitrogens with zero attached hydrogens (tertiary/aromatic N) is 2. The summed E-state index contributed by atoms with van der Waals surface area (Å²) in [6, 6.07) is 0. The van der Waals surface area contributed by atoms with Crippen LogP contribution >= 0.6 is 23.1 Å². The fourth-order valence-electron chi connectivity index (χ4n) is 2.95. The number of fused-ring (bicyclic) bond motifs is 3. The predicted molar refractivity (Wildman–Crippen MR) is 98.0 cm³/mol. The molecule has 0 saturated heterocycles. The third-order valence-electron chi connectivity index (χ3n) is 4.10. The standard InChI is InChI=1S/C17H24N2O2S2/c1-11(2)10-22-17-18-15-14(16(20)19(17)8-9-21-3)12-6-4-5-7-13(12)23-15/h11H,4-10H2,1-3H3. The van der Waals surface area contributed by atoms with Crippen LogP contribution in [0.1, 0.15) is 37.1 Å². The summed E-state index contributed by atoms with van der Waals surface area (Å²) >= 11 is 3.41. The average Bonchev–Trinajstić information content (AvgIpc) is 2.90. The zero-order valence-electron chi connectivity index (χ0n) is 14.1. The monoisotopic (exact) mass is 352 g/mol. The van der Waals surface area contributed by atoms with Crippen molar-refractivity contribution in [2.75, 3.05) is 19.5 Å². The van der Waals surface area contributed by atoms with Crippen LogP contribution in [0.25, 0.3) is 10.2 Å². The first-order valence-electron chi connectivity index (χ1n) is 8.28. The first-order chi connectivity index (χ1) is 11.1. The van der Waals surface area contributed by atoms with E-state index in [0.29, 0.717) is 19.1 Å². The number of hydrogen-bond donors (Lipinski definition) is 0. The summed E-state index contributed by atoms with van der Waals surface area (Å²) < 4.78 is 7.01. The van der Waals surface area contributed by atoms with E-state index >= 15 is 0 Å². The minimum atomic E-state index is 0.123. The van der Waals surface area contributed by atoms with Gasteiger partial charge in [0.1, 0.15) is 4.83 Å². The summed E-state index contributed by atoms with van der Waals surface area (Å²) in [5, 5.41) is 1.71. The van der Waals surface area contributed by atoms with Crippen LogP contribution < -0.4 is 5.56 Å². The Morgan fingerprint density at radius 2 is 2.13 bits per heavy atom. The normalized spacial score (nSPS) is 14.6. The van der Waals surface area contributed by atoms with Crippen LogP contribution in [0.2, 0.25) is 0 Å². The Labute approximate surface area is 145 Å². The quantitative estimate of drug-likeness (QED) is 0.587. The zero-order valence-corrected chi connectivity index (χ0v) is 15.7. The summed E-state index contributed by atoms with van der Waals surface area (Å²) in [6.45, 7) is 5.48. The molecule has 0 aromatic carbocycles. The van der Waals surface area contributed by atoms with E-state index in [0.717, 1.165) is 34.0 Å². The van der Waals surface area contributed by atoms with Crippen molar-refractivity contribution >= 4 is 33.3 Å². The topological polar surface area (TPSA) is 44.1 Å².